The molecule has 0 bridgehead atoms. The molecule has 3 heterocycles. The van der Waals surface area contributed by atoms with Gasteiger partial charge in [0.2, 0.25) is 5.28 Å². The van der Waals surface area contributed by atoms with Gasteiger partial charge in [0.1, 0.15) is 12.3 Å². The molecule has 1 saturated heterocycles. The summed E-state index contributed by atoms with van der Waals surface area (Å²) in [6.45, 7) is 6.52. The van der Waals surface area contributed by atoms with Crippen molar-refractivity contribution in [2.24, 2.45) is 0 Å². The van der Waals surface area contributed by atoms with Crippen LogP contribution in [-0.2, 0) is 4.74 Å². The molecule has 2 aromatic rings. The number of anilines is 1. The molecule has 132 valence electrons. The van der Waals surface area contributed by atoms with Crippen molar-refractivity contribution in [2.75, 3.05) is 18.1 Å². The zero-order valence-electron chi connectivity index (χ0n) is 13.9. The number of imidazole rings is 1. The number of hydrogen-bond acceptors (Lipinski definition) is 7. The Hall–Kier alpha value is -1.26. The number of halogens is 1. The molecule has 3 rings (SSSR count). The van der Waals surface area contributed by atoms with Crippen LogP contribution in [0.3, 0.4) is 0 Å². The molecule has 0 aliphatic carbocycles. The fourth-order valence-electron chi connectivity index (χ4n) is 2.62. The van der Waals surface area contributed by atoms with Gasteiger partial charge in [-0.2, -0.15) is 9.97 Å². The van der Waals surface area contributed by atoms with Crippen LogP contribution in [0.1, 0.15) is 12.6 Å². The molecule has 8 nitrogen and oxygen atoms in total. The monoisotopic (exact) mass is 371 g/mol. The van der Waals surface area contributed by atoms with E-state index in [1.54, 1.807) is 10.9 Å². The largest absolute Gasteiger partial charge is 0.394 e. The van der Waals surface area contributed by atoms with Gasteiger partial charge in [-0.05, 0) is 11.6 Å². The van der Waals surface area contributed by atoms with Crippen molar-refractivity contribution < 1.29 is 14.9 Å². The van der Waals surface area contributed by atoms with Crippen molar-refractivity contribution in [3.63, 3.8) is 0 Å². The molecule has 1 aliphatic heterocycles. The van der Waals surface area contributed by atoms with Crippen LogP contribution < -0.4 is 5.32 Å². The highest BCUT2D eigenvalue weighted by Gasteiger charge is 2.35. The first-order valence-electron chi connectivity index (χ1n) is 7.87. The molecule has 24 heavy (non-hydrogen) atoms. The molecule has 10 heteroatoms. The van der Waals surface area contributed by atoms with Gasteiger partial charge in [-0.3, -0.25) is 4.57 Å². The maximum absolute atomic E-state index is 9.93. The second kappa shape index (κ2) is 6.56. The Kier molecular flexibility index (Phi) is 4.80. The van der Waals surface area contributed by atoms with E-state index in [1.807, 2.05) is 0 Å². The summed E-state index contributed by atoms with van der Waals surface area (Å²) >= 11 is 6.07. The molecular formula is C14H22ClN5O3Si. The first kappa shape index (κ1) is 17.6. The molecule has 0 aromatic carbocycles. The fraction of sp³-hybridized carbons (Fsp3) is 0.643. The lowest BCUT2D eigenvalue weighted by molar-refractivity contribution is -0.0432. The van der Waals surface area contributed by atoms with Crippen LogP contribution in [0.25, 0.3) is 11.2 Å². The van der Waals surface area contributed by atoms with Gasteiger partial charge in [0.05, 0.1) is 27.1 Å². The van der Waals surface area contributed by atoms with Gasteiger partial charge >= 0.3 is 0 Å². The number of nitrogens with one attached hydrogen (secondary N) is 1. The molecule has 0 radical (unpaired) electrons. The Morgan fingerprint density at radius 3 is 2.79 bits per heavy atom. The number of aromatic nitrogens is 4. The lowest BCUT2D eigenvalue weighted by Crippen LogP contribution is -2.31. The highest BCUT2D eigenvalue weighted by atomic mass is 35.5. The molecular weight excluding hydrogens is 350 g/mol. The third kappa shape index (κ3) is 3.54. The van der Waals surface area contributed by atoms with Gasteiger partial charge < -0.3 is 20.3 Å². The first-order valence-corrected chi connectivity index (χ1v) is 12.0. The number of hydrogen-bond donors (Lipinski definition) is 3. The Morgan fingerprint density at radius 2 is 2.17 bits per heavy atom. The molecule has 1 aliphatic rings. The number of fused-ring (bicyclic) bond motifs is 1. The molecule has 0 spiro atoms. The van der Waals surface area contributed by atoms with Gasteiger partial charge in [-0.1, -0.05) is 19.6 Å². The molecule has 0 saturated carbocycles. The predicted molar refractivity (Wildman–Crippen MR) is 93.8 cm³/mol. The first-order chi connectivity index (χ1) is 11.3. The van der Waals surface area contributed by atoms with E-state index in [-0.39, 0.29) is 11.9 Å². The van der Waals surface area contributed by atoms with Crippen LogP contribution in [0.4, 0.5) is 5.82 Å². The Balaban J connectivity index is 1.93. The topological polar surface area (TPSA) is 105 Å². The number of nitrogens with zero attached hydrogens (tertiary/aromatic N) is 4. The minimum Gasteiger partial charge on any atom is -0.394 e. The van der Waals surface area contributed by atoms with Crippen LogP contribution in [0.2, 0.25) is 24.9 Å². The van der Waals surface area contributed by atoms with Gasteiger partial charge in [0.25, 0.3) is 0 Å². The van der Waals surface area contributed by atoms with E-state index in [2.05, 4.69) is 39.9 Å². The molecule has 2 aromatic heterocycles. The van der Waals surface area contributed by atoms with Crippen molar-refractivity contribution >= 4 is 36.7 Å². The second-order valence-electron chi connectivity index (χ2n) is 7.19. The van der Waals surface area contributed by atoms with Crippen molar-refractivity contribution in [3.05, 3.63) is 11.6 Å². The van der Waals surface area contributed by atoms with Crippen LogP contribution >= 0.6 is 11.6 Å². The smallest absolute Gasteiger partial charge is 0.226 e. The van der Waals surface area contributed by atoms with Crippen molar-refractivity contribution in [2.45, 2.75) is 44.5 Å². The van der Waals surface area contributed by atoms with E-state index >= 15 is 0 Å². The van der Waals surface area contributed by atoms with Gasteiger partial charge in [0.15, 0.2) is 17.0 Å². The highest BCUT2D eigenvalue weighted by molar-refractivity contribution is 6.76. The number of aliphatic hydroxyl groups is 2. The maximum Gasteiger partial charge on any atom is 0.226 e. The average Bonchev–Trinajstić information content (AvgIpc) is 3.06. The van der Waals surface area contributed by atoms with Gasteiger partial charge in [-0.15, -0.1) is 0 Å². The summed E-state index contributed by atoms with van der Waals surface area (Å²) in [6, 6.07) is 0. The number of rotatable bonds is 5. The fourth-order valence-corrected chi connectivity index (χ4v) is 3.49. The van der Waals surface area contributed by atoms with Gasteiger partial charge in [0, 0.05) is 12.6 Å². The Morgan fingerprint density at radius 1 is 1.42 bits per heavy atom. The van der Waals surface area contributed by atoms with E-state index in [9.17, 15) is 10.2 Å². The summed E-state index contributed by atoms with van der Waals surface area (Å²) in [7, 11) is -1.32. The predicted octanol–water partition coefficient (Wildman–Crippen LogP) is 1.41. The van der Waals surface area contributed by atoms with E-state index in [1.165, 1.54) is 0 Å². The normalized spacial score (nSPS) is 24.7. The Bertz CT molecular complexity index is 735. The zero-order chi connectivity index (χ0) is 17.5. The average molecular weight is 372 g/mol. The summed E-state index contributed by atoms with van der Waals surface area (Å²) < 4.78 is 7.40. The molecule has 3 unspecified atom stereocenters. The number of ether oxygens (including phenoxy) is 1. The molecule has 3 atom stereocenters. The van der Waals surface area contributed by atoms with Crippen molar-refractivity contribution in [1.29, 1.82) is 0 Å². The minimum absolute atomic E-state index is 0.125. The van der Waals surface area contributed by atoms with Crippen molar-refractivity contribution in [3.8, 4) is 0 Å². The van der Waals surface area contributed by atoms with Gasteiger partial charge in [-0.25, -0.2) is 4.98 Å². The van der Waals surface area contributed by atoms with E-state index in [0.29, 0.717) is 23.4 Å². The van der Waals surface area contributed by atoms with E-state index in [0.717, 1.165) is 6.17 Å². The van der Waals surface area contributed by atoms with Crippen LogP contribution in [0, 0.1) is 0 Å². The maximum atomic E-state index is 9.93. The number of aliphatic hydroxyl groups excluding tert-OH is 2. The van der Waals surface area contributed by atoms with Crippen LogP contribution in [0.15, 0.2) is 6.33 Å². The summed E-state index contributed by atoms with van der Waals surface area (Å²) in [5.41, 5.74) is 1.16. The highest BCUT2D eigenvalue weighted by Crippen LogP contribution is 2.32. The molecule has 0 amide bonds. The lowest BCUT2D eigenvalue weighted by atomic mass is 10.2. The summed E-state index contributed by atoms with van der Waals surface area (Å²) in [5.74, 6) is 0.600. The lowest BCUT2D eigenvalue weighted by Gasteiger charge is -2.17. The zero-order valence-corrected chi connectivity index (χ0v) is 15.7. The minimum atomic E-state index is -1.32. The Labute approximate surface area is 145 Å². The summed E-state index contributed by atoms with van der Waals surface area (Å²) in [4.78, 5) is 12.9. The summed E-state index contributed by atoms with van der Waals surface area (Å²) in [5, 5.41) is 22.6. The van der Waals surface area contributed by atoms with Crippen LogP contribution in [0.5, 0.6) is 0 Å². The third-order valence-corrected chi connectivity index (χ3v) is 5.28. The van der Waals surface area contributed by atoms with E-state index in [4.69, 9.17) is 16.3 Å². The quantitative estimate of drug-likeness (QED) is 0.539. The second-order valence-corrected chi connectivity index (χ2v) is 13.0. The van der Waals surface area contributed by atoms with Crippen molar-refractivity contribution in [1.82, 2.24) is 19.5 Å². The summed E-state index contributed by atoms with van der Waals surface area (Å²) in [6.07, 6.45) is 1.03. The SMILES string of the molecule is C[Si](C)(C)CNc1nc(Cl)nc2c1ncn2C1CC(O)C(CO)O1. The standard InChI is InChI=1S/C14H22ClN5O3Si/c1-24(2,3)7-17-12-11-13(19-14(15)18-12)20(6-16-11)10-4-8(22)9(5-21)23-10/h6,8-10,21-22H,4-5,7H2,1-3H3,(H,17,18,19). The third-order valence-electron chi connectivity index (χ3n) is 3.87. The molecule has 1 fully saturated rings. The molecule has 3 N–H and O–H groups in total. The van der Waals surface area contributed by atoms with E-state index < -0.39 is 26.5 Å². The van der Waals surface area contributed by atoms with Crippen LogP contribution in [-0.4, -0.2) is 62.8 Å².